The second kappa shape index (κ2) is 10.1. The summed E-state index contributed by atoms with van der Waals surface area (Å²) < 4.78 is 12.1. The van der Waals surface area contributed by atoms with Crippen LogP contribution in [0.2, 0.25) is 5.15 Å². The van der Waals surface area contributed by atoms with Gasteiger partial charge >= 0.3 is 6.09 Å². The summed E-state index contributed by atoms with van der Waals surface area (Å²) >= 11 is 6.15. The molecule has 0 radical (unpaired) electrons. The third-order valence-corrected chi connectivity index (χ3v) is 5.18. The number of halogens is 1. The predicted molar refractivity (Wildman–Crippen MR) is 123 cm³/mol. The summed E-state index contributed by atoms with van der Waals surface area (Å²) in [6, 6.07) is 7.47. The summed E-state index contributed by atoms with van der Waals surface area (Å²) in [5.74, 6) is 6.88. The van der Waals surface area contributed by atoms with E-state index in [1.165, 1.54) is 10.8 Å². The molecular formula is C24H28ClN3O4. The smallest absolute Gasteiger partial charge is 0.410 e. The first-order valence-corrected chi connectivity index (χ1v) is 10.9. The van der Waals surface area contributed by atoms with E-state index in [2.05, 4.69) is 16.8 Å². The van der Waals surface area contributed by atoms with E-state index in [9.17, 15) is 9.59 Å². The number of benzene rings is 1. The van der Waals surface area contributed by atoms with Gasteiger partial charge in [0, 0.05) is 25.2 Å². The Bertz CT molecular complexity index is 1070. The molecule has 1 fully saturated rings. The van der Waals surface area contributed by atoms with Crippen LogP contribution in [0.1, 0.15) is 44.9 Å². The molecule has 2 heterocycles. The Hall–Kier alpha value is -2.98. The number of hydrogen-bond acceptors (Lipinski definition) is 5. The fourth-order valence-corrected chi connectivity index (χ4v) is 3.54. The first kappa shape index (κ1) is 23.7. The molecule has 3 rings (SSSR count). The minimum absolute atomic E-state index is 0.0731. The van der Waals surface area contributed by atoms with Crippen molar-refractivity contribution in [2.45, 2.75) is 45.8 Å². The third-order valence-electron chi connectivity index (χ3n) is 5.00. The van der Waals surface area contributed by atoms with E-state index in [-0.39, 0.29) is 28.4 Å². The molecule has 1 aliphatic rings. The van der Waals surface area contributed by atoms with Crippen molar-refractivity contribution in [1.82, 2.24) is 14.5 Å². The fraction of sp³-hybridized carbons (Fsp3) is 0.458. The van der Waals surface area contributed by atoms with Crippen LogP contribution in [-0.2, 0) is 11.3 Å². The topological polar surface area (TPSA) is 73.7 Å². The maximum atomic E-state index is 12.8. The highest BCUT2D eigenvalue weighted by atomic mass is 35.5. The van der Waals surface area contributed by atoms with E-state index >= 15 is 0 Å². The monoisotopic (exact) mass is 457 g/mol. The Balaban J connectivity index is 1.67. The molecule has 2 aromatic rings. The van der Waals surface area contributed by atoms with Crippen LogP contribution in [0.15, 0.2) is 35.3 Å². The third kappa shape index (κ3) is 6.51. The van der Waals surface area contributed by atoms with E-state index in [0.717, 1.165) is 11.3 Å². The van der Waals surface area contributed by atoms with E-state index in [4.69, 9.17) is 21.1 Å². The van der Waals surface area contributed by atoms with E-state index in [1.54, 1.807) is 12.0 Å². The van der Waals surface area contributed by atoms with Gasteiger partial charge in [-0.2, -0.15) is 0 Å². The number of piperidine rings is 1. The summed E-state index contributed by atoms with van der Waals surface area (Å²) in [6.45, 7) is 7.04. The van der Waals surface area contributed by atoms with Crippen molar-refractivity contribution in [3.8, 4) is 17.6 Å². The van der Waals surface area contributed by atoms with Crippen LogP contribution in [0.3, 0.4) is 0 Å². The van der Waals surface area contributed by atoms with Crippen LogP contribution in [0, 0.1) is 17.8 Å². The largest absolute Gasteiger partial charge is 0.497 e. The van der Waals surface area contributed by atoms with Crippen molar-refractivity contribution in [1.29, 1.82) is 0 Å². The number of rotatable bonds is 3. The second-order valence-electron chi connectivity index (χ2n) is 8.70. The van der Waals surface area contributed by atoms with Gasteiger partial charge < -0.3 is 18.9 Å². The van der Waals surface area contributed by atoms with Gasteiger partial charge in [0.25, 0.3) is 5.56 Å². The molecule has 0 saturated carbocycles. The molecule has 0 spiro atoms. The molecule has 1 aromatic carbocycles. The van der Waals surface area contributed by atoms with Crippen molar-refractivity contribution >= 4 is 17.7 Å². The van der Waals surface area contributed by atoms with Crippen molar-refractivity contribution in [2.24, 2.45) is 5.92 Å². The van der Waals surface area contributed by atoms with E-state index in [1.807, 2.05) is 45.0 Å². The standard InChI is InChI=1S/C24H28ClN3O4/c1-24(2,3)32-23(30)27-13-11-17(12-14-27)7-10-20-22(29)28(16-21(25)26-20)15-18-5-8-19(31-4)9-6-18/h5-6,8-9,16-17H,11-15H2,1-4H3. The highest BCUT2D eigenvalue weighted by Gasteiger charge is 2.26. The predicted octanol–water partition coefficient (Wildman–Crippen LogP) is 3.95. The fourth-order valence-electron chi connectivity index (χ4n) is 3.34. The molecule has 8 heteroatoms. The number of nitrogens with zero attached hydrogens (tertiary/aromatic N) is 3. The van der Waals surface area contributed by atoms with Gasteiger partial charge in [-0.05, 0) is 57.2 Å². The molecule has 0 unspecified atom stereocenters. The Morgan fingerprint density at radius 2 is 1.88 bits per heavy atom. The average molecular weight is 458 g/mol. The molecule has 0 aliphatic carbocycles. The summed E-state index contributed by atoms with van der Waals surface area (Å²) in [5.41, 5.74) is 0.255. The number of likely N-dealkylation sites (tertiary alicyclic amines) is 1. The molecule has 1 aliphatic heterocycles. The lowest BCUT2D eigenvalue weighted by Crippen LogP contribution is -2.41. The Kier molecular flexibility index (Phi) is 7.47. The van der Waals surface area contributed by atoms with Gasteiger partial charge in [0.05, 0.1) is 13.7 Å². The van der Waals surface area contributed by atoms with Crippen LogP contribution in [-0.4, -0.2) is 46.3 Å². The van der Waals surface area contributed by atoms with Crippen LogP contribution in [0.5, 0.6) is 5.75 Å². The van der Waals surface area contributed by atoms with Crippen molar-refractivity contribution in [2.75, 3.05) is 20.2 Å². The van der Waals surface area contributed by atoms with Crippen LogP contribution in [0.25, 0.3) is 0 Å². The zero-order chi connectivity index (χ0) is 23.3. The lowest BCUT2D eigenvalue weighted by molar-refractivity contribution is 0.0199. The number of amides is 1. The number of carbonyl (C=O) groups is 1. The van der Waals surface area contributed by atoms with E-state index < -0.39 is 5.60 Å². The Morgan fingerprint density at radius 3 is 2.47 bits per heavy atom. The molecular weight excluding hydrogens is 430 g/mol. The minimum Gasteiger partial charge on any atom is -0.497 e. The van der Waals surface area contributed by atoms with Gasteiger partial charge in [-0.25, -0.2) is 9.78 Å². The first-order chi connectivity index (χ1) is 15.1. The second-order valence-corrected chi connectivity index (χ2v) is 9.09. The first-order valence-electron chi connectivity index (χ1n) is 10.5. The highest BCUT2D eigenvalue weighted by Crippen LogP contribution is 2.19. The van der Waals surface area contributed by atoms with Gasteiger partial charge in [0.1, 0.15) is 16.5 Å². The summed E-state index contributed by atoms with van der Waals surface area (Å²) in [4.78, 5) is 30.9. The summed E-state index contributed by atoms with van der Waals surface area (Å²) in [5, 5.41) is 0.210. The molecule has 1 amide bonds. The van der Waals surface area contributed by atoms with Crippen LogP contribution < -0.4 is 10.3 Å². The van der Waals surface area contributed by atoms with Crippen molar-refractivity contribution < 1.29 is 14.3 Å². The number of aromatic nitrogens is 2. The van der Waals surface area contributed by atoms with Crippen molar-refractivity contribution in [3.05, 3.63) is 57.2 Å². The number of carbonyl (C=O) groups excluding carboxylic acids is 1. The van der Waals surface area contributed by atoms with E-state index in [0.29, 0.717) is 32.5 Å². The van der Waals surface area contributed by atoms with Crippen LogP contribution in [0.4, 0.5) is 4.79 Å². The molecule has 1 saturated heterocycles. The number of ether oxygens (including phenoxy) is 2. The maximum absolute atomic E-state index is 12.8. The quantitative estimate of drug-likeness (QED) is 0.652. The van der Waals surface area contributed by atoms with Gasteiger partial charge in [-0.3, -0.25) is 4.79 Å². The lowest BCUT2D eigenvalue weighted by Gasteiger charge is -2.31. The lowest BCUT2D eigenvalue weighted by atomic mass is 9.97. The molecule has 0 atom stereocenters. The van der Waals surface area contributed by atoms with Crippen molar-refractivity contribution in [3.63, 3.8) is 0 Å². The highest BCUT2D eigenvalue weighted by molar-refractivity contribution is 6.29. The minimum atomic E-state index is -0.516. The molecule has 170 valence electrons. The number of hydrogen-bond donors (Lipinski definition) is 0. The Labute approximate surface area is 193 Å². The zero-order valence-corrected chi connectivity index (χ0v) is 19.6. The molecule has 0 bridgehead atoms. The summed E-state index contributed by atoms with van der Waals surface area (Å²) in [6.07, 6.45) is 2.64. The molecule has 7 nitrogen and oxygen atoms in total. The van der Waals surface area contributed by atoms with Crippen LogP contribution >= 0.6 is 11.6 Å². The van der Waals surface area contributed by atoms with Gasteiger partial charge in [0.2, 0.25) is 0 Å². The zero-order valence-electron chi connectivity index (χ0n) is 18.9. The van der Waals surface area contributed by atoms with Gasteiger partial charge in [-0.1, -0.05) is 29.7 Å². The summed E-state index contributed by atoms with van der Waals surface area (Å²) in [7, 11) is 1.61. The number of methoxy groups -OCH3 is 1. The molecule has 0 N–H and O–H groups in total. The molecule has 32 heavy (non-hydrogen) atoms. The van der Waals surface area contributed by atoms with Gasteiger partial charge in [-0.15, -0.1) is 0 Å². The maximum Gasteiger partial charge on any atom is 0.410 e. The Morgan fingerprint density at radius 1 is 1.22 bits per heavy atom. The van der Waals surface area contributed by atoms with Gasteiger partial charge in [0.15, 0.2) is 5.69 Å². The average Bonchev–Trinajstić information content (AvgIpc) is 2.74. The SMILES string of the molecule is COc1ccc(Cn2cc(Cl)nc(C#CC3CCN(C(=O)OC(C)(C)C)CC3)c2=O)cc1. The normalized spacial score (nSPS) is 14.5. The molecule has 1 aromatic heterocycles.